The number of carbonyl (C=O) groups excluding carboxylic acids is 3. The minimum atomic E-state index is -2.04. The number of ketones is 1. The average molecular weight is 1510 g/mol. The molecule has 4 fully saturated rings. The van der Waals surface area contributed by atoms with Crippen LogP contribution in [-0.2, 0) is 42.7 Å². The van der Waals surface area contributed by atoms with E-state index in [0.29, 0.717) is 13.1 Å². The molecule has 1 aliphatic carbocycles. The molecule has 0 aromatic heterocycles. The number of nitrogens with one attached hydrogen (secondary N) is 3. The number of methoxy groups -OCH3 is 1. The highest BCUT2D eigenvalue weighted by atomic mass is 16.7. The van der Waals surface area contributed by atoms with Crippen LogP contribution in [0.2, 0.25) is 0 Å². The van der Waals surface area contributed by atoms with Crippen molar-refractivity contribution in [3.63, 3.8) is 0 Å². The van der Waals surface area contributed by atoms with E-state index in [0.717, 1.165) is 39.0 Å². The lowest BCUT2D eigenvalue weighted by molar-refractivity contribution is -0.332. The van der Waals surface area contributed by atoms with Crippen molar-refractivity contribution in [3.8, 4) is 23.0 Å². The highest BCUT2D eigenvalue weighted by molar-refractivity contribution is 6.24. The van der Waals surface area contributed by atoms with Crippen LogP contribution >= 0.6 is 0 Å². The molecule has 106 heavy (non-hydrogen) atoms. The second-order valence-corrected chi connectivity index (χ2v) is 28.4. The van der Waals surface area contributed by atoms with Crippen molar-refractivity contribution in [2.45, 2.75) is 223 Å². The molecule has 35 nitrogen and oxygen atoms in total. The number of anilines is 1. The summed E-state index contributed by atoms with van der Waals surface area (Å²) in [4.78, 5) is 42.6. The Morgan fingerprint density at radius 2 is 1.31 bits per heavy atom. The number of piperazine rings is 1. The average Bonchev–Trinajstić information content (AvgIpc) is 1.75. The molecule has 602 valence electrons. The van der Waals surface area contributed by atoms with Crippen molar-refractivity contribution in [1.82, 2.24) is 20.5 Å². The van der Waals surface area contributed by atoms with E-state index in [9.17, 15) is 75.7 Å². The number of aromatic hydroxyl groups is 3. The zero-order valence-electron chi connectivity index (χ0n) is 62.5. The Hall–Kier alpha value is -5.92. The molecule has 0 spiro atoms. The molecular weight excluding hydrogens is 1390 g/mol. The standard InChI is InChI=1S/C43H58N4O12.C18H36N4O11.C10H24N2O2/c1-21-12-11-13-22(2)42(55)45-33-28(20-44-47-17-15-46(9)16-18-47)37(52)30-31(38(33)53)36(51)26(6)40-32(30)41(54)43(8,59-40)57-19-14-29(56-10)23(3)39(58-27(7)48)25(5)35(50)24(4)34(21)49;19-2-6-10(25)12(27)13(28)18(30-6)33-16-5(21)1-4(20)15(14(16)29)32-17-11(26)8(22)9(24)7(3-23)31-17;1-3-9(7-13)11-5-6-12-10(4-2)8-14/h11-14,19-21,23-25,29,34-35,39,49-53H,15-18H2,1-10H3,(H,45,55);4-18,23-29H,1-3,19-22H2;9-14H,3-8H2,1-2H3/b12-11+,19-14+,22-13-,44-20+;;/t21-,23+,24+,25+,29-,34-,35+,39+,43-;4-,5+,6-,7-,8+,9-,10-,11-,12+,13-,14-,15+,16-,17-,18-;9-,10-/m010/s1. The Balaban J connectivity index is 0.000000311. The third-order valence-electron chi connectivity index (χ3n) is 20.8. The number of aliphatic hydroxyl groups excluding tert-OH is 11. The molecule has 6 aliphatic heterocycles. The molecule has 7 aliphatic rings. The molecule has 9 rings (SSSR count). The highest BCUT2D eigenvalue weighted by Gasteiger charge is 2.53. The van der Waals surface area contributed by atoms with Gasteiger partial charge in [-0.1, -0.05) is 59.8 Å². The zero-order chi connectivity index (χ0) is 79.1. The maximum absolute atomic E-state index is 14.4. The van der Waals surface area contributed by atoms with Crippen molar-refractivity contribution in [1.29, 1.82) is 0 Å². The van der Waals surface area contributed by atoms with Gasteiger partial charge in [0.2, 0.25) is 0 Å². The summed E-state index contributed by atoms with van der Waals surface area (Å²) < 4.78 is 45.8. The van der Waals surface area contributed by atoms with Gasteiger partial charge in [-0.25, -0.2) is 0 Å². The van der Waals surface area contributed by atoms with Crippen molar-refractivity contribution in [3.05, 3.63) is 52.8 Å². The van der Waals surface area contributed by atoms with Crippen LogP contribution in [0.4, 0.5) is 5.69 Å². The number of rotatable bonds is 19. The first kappa shape index (κ1) is 89.0. The molecule has 1 amide bonds. The number of nitrogens with zero attached hydrogens (tertiary/aromatic N) is 3. The highest BCUT2D eigenvalue weighted by Crippen LogP contribution is 2.55. The minimum absolute atomic E-state index is 0.0559. The van der Waals surface area contributed by atoms with Crippen molar-refractivity contribution >= 4 is 40.3 Å². The molecule has 26 atom stereocenters. The number of allylic oxidation sites excluding steroid dienone is 2. The van der Waals surface area contributed by atoms with Crippen LogP contribution in [0.5, 0.6) is 23.0 Å². The normalized spacial score (nSPS) is 36.6. The molecular formula is C71H118N10O25. The summed E-state index contributed by atoms with van der Waals surface area (Å²) in [5.41, 5.74) is 23.2. The number of hydrogen-bond donors (Lipinski definition) is 21. The first-order chi connectivity index (χ1) is 50.0. The Bertz CT molecular complexity index is 3240. The number of fused-ring (bicyclic) bond motifs is 14. The van der Waals surface area contributed by atoms with Gasteiger partial charge >= 0.3 is 11.8 Å². The Kier molecular flexibility index (Phi) is 33.7. The van der Waals surface area contributed by atoms with Crippen molar-refractivity contribution < 1.29 is 124 Å². The minimum Gasteiger partial charge on any atom is -0.507 e. The van der Waals surface area contributed by atoms with Gasteiger partial charge in [-0.3, -0.25) is 19.4 Å². The fourth-order valence-corrected chi connectivity index (χ4v) is 13.6. The summed E-state index contributed by atoms with van der Waals surface area (Å²) in [6, 6.07) is -2.46. The second kappa shape index (κ2) is 40.1. The fraction of sp³-hybridized carbons (Fsp3) is 0.718. The molecule has 5 bridgehead atoms. The van der Waals surface area contributed by atoms with E-state index in [-0.39, 0.29) is 82.7 Å². The van der Waals surface area contributed by atoms with E-state index in [1.165, 1.54) is 59.4 Å². The number of phenolic OH excluding ortho intramolecular Hbond substituents is 3. The van der Waals surface area contributed by atoms with E-state index in [1.54, 1.807) is 44.9 Å². The van der Waals surface area contributed by atoms with E-state index >= 15 is 0 Å². The Labute approximate surface area is 617 Å². The molecule has 1 saturated carbocycles. The number of nitrogens with two attached hydrogens (primary N) is 4. The summed E-state index contributed by atoms with van der Waals surface area (Å²) in [6.45, 7) is 20.5. The molecule has 2 aromatic carbocycles. The number of esters is 1. The van der Waals surface area contributed by atoms with E-state index in [2.05, 4.69) is 26.0 Å². The molecule has 3 saturated heterocycles. The van der Waals surface area contributed by atoms with Gasteiger partial charge in [0.1, 0.15) is 84.4 Å². The lowest BCUT2D eigenvalue weighted by Gasteiger charge is -2.48. The predicted octanol–water partition coefficient (Wildman–Crippen LogP) is -3.25. The van der Waals surface area contributed by atoms with Gasteiger partial charge in [0.15, 0.2) is 18.3 Å². The monoisotopic (exact) mass is 1510 g/mol. The van der Waals surface area contributed by atoms with Gasteiger partial charge in [0.05, 0.1) is 78.9 Å². The van der Waals surface area contributed by atoms with Crippen LogP contribution in [0.3, 0.4) is 0 Å². The number of likely N-dealkylation sites (N-methyl/N-ethyl adjacent to an activating group) is 1. The quantitative estimate of drug-likeness (QED) is 0.0216. The Morgan fingerprint density at radius 1 is 0.736 bits per heavy atom. The molecule has 25 N–H and O–H groups in total. The number of amides is 1. The van der Waals surface area contributed by atoms with E-state index in [4.69, 9.17) is 71.0 Å². The number of ether oxygens (including phenoxy) is 8. The van der Waals surface area contributed by atoms with Gasteiger partial charge < -0.3 is 153 Å². The zero-order valence-corrected chi connectivity index (χ0v) is 62.5. The van der Waals surface area contributed by atoms with Gasteiger partial charge in [-0.05, 0) is 46.2 Å². The number of Topliss-reactive ketones (excluding diaryl/α,β-unsaturated/α-hetero) is 1. The van der Waals surface area contributed by atoms with Gasteiger partial charge in [-0.2, -0.15) is 5.10 Å². The second-order valence-electron chi connectivity index (χ2n) is 28.4. The number of hydrogen-bond acceptors (Lipinski definition) is 34. The van der Waals surface area contributed by atoms with Crippen LogP contribution in [0.15, 0.2) is 41.2 Å². The number of phenols is 3. The topological polar surface area (TPSA) is 567 Å². The molecule has 2 aromatic rings. The number of hydrazone groups is 1. The van der Waals surface area contributed by atoms with Gasteiger partial charge in [-0.15, -0.1) is 0 Å². The maximum Gasteiger partial charge on any atom is 0.312 e. The largest absolute Gasteiger partial charge is 0.507 e. The van der Waals surface area contributed by atoms with Crippen LogP contribution in [0, 0.1) is 30.6 Å². The summed E-state index contributed by atoms with van der Waals surface area (Å²) in [6.07, 6.45) is -9.72. The summed E-state index contributed by atoms with van der Waals surface area (Å²) in [5, 5.41) is 162. The van der Waals surface area contributed by atoms with Gasteiger partial charge in [0, 0.05) is 131 Å². The predicted molar refractivity (Wildman–Crippen MR) is 387 cm³/mol. The maximum atomic E-state index is 14.4. The smallest absolute Gasteiger partial charge is 0.312 e. The first-order valence-corrected chi connectivity index (χ1v) is 36.0. The van der Waals surface area contributed by atoms with E-state index in [1.807, 2.05) is 20.9 Å². The summed E-state index contributed by atoms with van der Waals surface area (Å²) in [7, 11) is 3.42. The Morgan fingerprint density at radius 3 is 1.85 bits per heavy atom. The van der Waals surface area contributed by atoms with Crippen LogP contribution in [-0.4, -0.2) is 319 Å². The van der Waals surface area contributed by atoms with Crippen LogP contribution < -0.4 is 43.6 Å². The van der Waals surface area contributed by atoms with Crippen LogP contribution in [0.25, 0.3) is 10.8 Å². The molecule has 0 unspecified atom stereocenters. The lowest BCUT2D eigenvalue weighted by Crippen LogP contribution is -2.68. The van der Waals surface area contributed by atoms with E-state index < -0.39 is 187 Å². The number of carbonyl (C=O) groups is 3. The van der Waals surface area contributed by atoms with Crippen LogP contribution in [0.1, 0.15) is 103 Å². The fourth-order valence-electron chi connectivity index (χ4n) is 13.6. The van der Waals surface area contributed by atoms with Gasteiger partial charge in [0.25, 0.3) is 11.7 Å². The lowest BCUT2D eigenvalue weighted by atomic mass is 9.78. The third-order valence-corrected chi connectivity index (χ3v) is 20.8. The summed E-state index contributed by atoms with van der Waals surface area (Å²) in [5.74, 6) is -8.34. The number of aliphatic hydroxyl groups is 11. The molecule has 0 radical (unpaired) electrons. The number of benzene rings is 2. The van der Waals surface area contributed by atoms with Crippen molar-refractivity contribution in [2.24, 2.45) is 51.7 Å². The third kappa shape index (κ3) is 20.9. The SMILES string of the molecule is CC[C@@H](CO)NCCN[C@@H](CC)CO.CO[C@H]1/C=C/O[C@@]2(C)Oc3c(C)c(O)c4c(O)c(c(/C=N/N5CCN(C)CC5)c(O)c4c3C2=O)NC(=O)/C(C)=C\C=C\[C@H](C)[C@H](O)[C@@H](C)[C@@H](O)[C@@H](C)[C@H](OC(C)=O)[C@@H]1C.NC[C@H]1O[C@H](O[C@H]2[C@H](O)[C@@H](O[C@H]3O[C@H](CO)[C@@H](O)[C@H](N)[C@H]3O)[C@H](N)C[C@@H]2N)[C@H](O)[C@@H](O)[C@@H]1O. The summed E-state index contributed by atoms with van der Waals surface area (Å²) >= 11 is 0. The van der Waals surface area contributed by atoms with Crippen molar-refractivity contribution in [2.75, 3.05) is 85.1 Å². The first-order valence-electron chi connectivity index (χ1n) is 36.0. The molecule has 6 heterocycles. The molecule has 35 heteroatoms.